The fourth-order valence-electron chi connectivity index (χ4n) is 7.91. The van der Waals surface area contributed by atoms with Crippen LogP contribution >= 0.6 is 0 Å². The minimum Gasteiger partial charge on any atom is -0.334 e. The highest BCUT2D eigenvalue weighted by Gasteiger charge is 2.73. The maximum atomic E-state index is 14.5. The number of hydrogen-bond donors (Lipinski definition) is 0. The van der Waals surface area contributed by atoms with Gasteiger partial charge in [0.2, 0.25) is 5.91 Å². The van der Waals surface area contributed by atoms with E-state index in [0.717, 1.165) is 75.4 Å². The normalized spacial score (nSPS) is 33.8. The minimum atomic E-state index is -3.18. The quantitative estimate of drug-likeness (QED) is 0.301. The zero-order valence-corrected chi connectivity index (χ0v) is 23.0. The molecule has 1 amide bonds. The van der Waals surface area contributed by atoms with Gasteiger partial charge in [0.05, 0.1) is 5.41 Å². The van der Waals surface area contributed by atoms with E-state index in [9.17, 15) is 18.0 Å². The summed E-state index contributed by atoms with van der Waals surface area (Å²) >= 11 is 0. The van der Waals surface area contributed by atoms with Gasteiger partial charge in [0, 0.05) is 36.1 Å². The molecule has 0 atom stereocenters. The SMILES string of the molecule is CC(F)(F)c1nc(C23CCC(CN(C(=O)C45CC(F)(C4)C5)c4cccc(-c5nc(C6CC6)no5)c4)(CC2)CC3)no1. The van der Waals surface area contributed by atoms with Crippen LogP contribution < -0.4 is 4.90 Å². The van der Waals surface area contributed by atoms with Crippen LogP contribution in [0.15, 0.2) is 33.3 Å². The lowest BCUT2D eigenvalue weighted by Gasteiger charge is -2.65. The highest BCUT2D eigenvalue weighted by atomic mass is 19.3. The Hall–Kier alpha value is -3.24. The molecular weight excluding hydrogens is 535 g/mol. The summed E-state index contributed by atoms with van der Waals surface area (Å²) in [6.45, 7) is 1.28. The second kappa shape index (κ2) is 8.19. The first-order valence-electron chi connectivity index (χ1n) is 14.7. The zero-order chi connectivity index (χ0) is 28.3. The Kier molecular flexibility index (Phi) is 5.09. The van der Waals surface area contributed by atoms with Crippen molar-refractivity contribution in [2.75, 3.05) is 11.4 Å². The summed E-state index contributed by atoms with van der Waals surface area (Å²) < 4.78 is 52.6. The molecule has 10 rings (SSSR count). The minimum absolute atomic E-state index is 0.0110. The molecule has 216 valence electrons. The third-order valence-corrected chi connectivity index (χ3v) is 10.6. The number of aromatic nitrogens is 4. The summed E-state index contributed by atoms with van der Waals surface area (Å²) in [7, 11) is 0. The number of amides is 1. The first-order valence-corrected chi connectivity index (χ1v) is 14.7. The molecule has 0 unspecified atom stereocenters. The Morgan fingerprint density at radius 2 is 1.73 bits per heavy atom. The molecule has 0 N–H and O–H groups in total. The van der Waals surface area contributed by atoms with E-state index in [1.54, 1.807) is 0 Å². The second-order valence-electron chi connectivity index (χ2n) is 13.7. The van der Waals surface area contributed by atoms with E-state index < -0.39 is 22.9 Å². The van der Waals surface area contributed by atoms with Gasteiger partial charge >= 0.3 is 5.92 Å². The lowest BCUT2D eigenvalue weighted by Crippen LogP contribution is -2.71. The number of anilines is 1. The van der Waals surface area contributed by atoms with Crippen LogP contribution in [0.4, 0.5) is 18.9 Å². The molecular formula is C30H32F3N5O3. The van der Waals surface area contributed by atoms with Gasteiger partial charge < -0.3 is 13.9 Å². The summed E-state index contributed by atoms with van der Waals surface area (Å²) in [6, 6.07) is 7.65. The van der Waals surface area contributed by atoms with Crippen molar-refractivity contribution >= 4 is 11.6 Å². The van der Waals surface area contributed by atoms with Crippen LogP contribution in [0.5, 0.6) is 0 Å². The van der Waals surface area contributed by atoms with Gasteiger partial charge in [0.1, 0.15) is 5.67 Å². The molecule has 7 aliphatic rings. The number of carbonyl (C=O) groups excluding carboxylic acids is 1. The maximum absolute atomic E-state index is 14.5. The largest absolute Gasteiger partial charge is 0.334 e. The molecule has 7 saturated carbocycles. The van der Waals surface area contributed by atoms with Gasteiger partial charge in [0.25, 0.3) is 11.8 Å². The third kappa shape index (κ3) is 3.97. The van der Waals surface area contributed by atoms with Crippen LogP contribution in [0.2, 0.25) is 0 Å². The van der Waals surface area contributed by atoms with Crippen molar-refractivity contribution < 1.29 is 27.0 Å². The predicted molar refractivity (Wildman–Crippen MR) is 140 cm³/mol. The van der Waals surface area contributed by atoms with Crippen LogP contribution in [0, 0.1) is 10.8 Å². The first kappa shape index (κ1) is 25.5. The van der Waals surface area contributed by atoms with E-state index >= 15 is 0 Å². The summed E-state index contributed by atoms with van der Waals surface area (Å²) in [4.78, 5) is 24.7. The van der Waals surface area contributed by atoms with Gasteiger partial charge in [-0.05, 0) is 94.2 Å². The highest BCUT2D eigenvalue weighted by molar-refractivity contribution is 6.00. The average Bonchev–Trinajstić information content (AvgIpc) is 3.43. The van der Waals surface area contributed by atoms with Crippen molar-refractivity contribution in [2.24, 2.45) is 10.8 Å². The van der Waals surface area contributed by atoms with Crippen molar-refractivity contribution in [2.45, 2.75) is 100 Å². The van der Waals surface area contributed by atoms with Crippen molar-refractivity contribution in [3.8, 4) is 11.5 Å². The van der Waals surface area contributed by atoms with E-state index in [2.05, 4.69) is 20.3 Å². The fourth-order valence-corrected chi connectivity index (χ4v) is 7.91. The van der Waals surface area contributed by atoms with Gasteiger partial charge in [-0.1, -0.05) is 16.4 Å². The number of carbonyl (C=O) groups is 1. The molecule has 2 heterocycles. The Balaban J connectivity index is 1.07. The molecule has 0 radical (unpaired) electrons. The van der Waals surface area contributed by atoms with Crippen molar-refractivity contribution in [3.05, 3.63) is 41.8 Å². The average molecular weight is 568 g/mol. The van der Waals surface area contributed by atoms with Gasteiger partial charge in [0.15, 0.2) is 11.6 Å². The van der Waals surface area contributed by atoms with Crippen LogP contribution in [0.1, 0.15) is 101 Å². The summed E-state index contributed by atoms with van der Waals surface area (Å²) in [5.41, 5.74) is -0.808. The molecule has 7 fully saturated rings. The number of benzene rings is 1. The molecule has 41 heavy (non-hydrogen) atoms. The molecule has 4 bridgehead atoms. The van der Waals surface area contributed by atoms with E-state index in [-0.39, 0.29) is 16.7 Å². The predicted octanol–water partition coefficient (Wildman–Crippen LogP) is 6.63. The van der Waals surface area contributed by atoms with Crippen molar-refractivity contribution in [1.29, 1.82) is 0 Å². The summed E-state index contributed by atoms with van der Waals surface area (Å²) in [6.07, 6.45) is 7.71. The maximum Gasteiger partial charge on any atom is 0.322 e. The molecule has 0 spiro atoms. The van der Waals surface area contributed by atoms with E-state index in [4.69, 9.17) is 9.05 Å². The Morgan fingerprint density at radius 1 is 1.02 bits per heavy atom. The molecule has 8 nitrogen and oxygen atoms in total. The van der Waals surface area contributed by atoms with Crippen LogP contribution in [0.3, 0.4) is 0 Å². The van der Waals surface area contributed by atoms with E-state index in [0.29, 0.717) is 43.4 Å². The van der Waals surface area contributed by atoms with Gasteiger partial charge in [-0.2, -0.15) is 18.7 Å². The molecule has 11 heteroatoms. The summed E-state index contributed by atoms with van der Waals surface area (Å²) in [5, 5.41) is 8.11. The van der Waals surface area contributed by atoms with Crippen LogP contribution in [0.25, 0.3) is 11.5 Å². The first-order chi connectivity index (χ1) is 19.5. The number of hydrogen-bond acceptors (Lipinski definition) is 7. The van der Waals surface area contributed by atoms with Crippen LogP contribution in [-0.2, 0) is 16.1 Å². The number of halogens is 3. The smallest absolute Gasteiger partial charge is 0.322 e. The van der Waals surface area contributed by atoms with Gasteiger partial charge in [-0.25, -0.2) is 4.39 Å². The lowest BCUT2D eigenvalue weighted by molar-refractivity contribution is -0.211. The highest BCUT2D eigenvalue weighted by Crippen LogP contribution is 2.70. The lowest BCUT2D eigenvalue weighted by atomic mass is 9.41. The van der Waals surface area contributed by atoms with E-state index in [1.807, 2.05) is 29.2 Å². The number of nitrogens with zero attached hydrogens (tertiary/aromatic N) is 5. The number of rotatable bonds is 8. The van der Waals surface area contributed by atoms with Crippen LogP contribution in [-0.4, -0.2) is 38.4 Å². The molecule has 1 aromatic carbocycles. The van der Waals surface area contributed by atoms with Crippen molar-refractivity contribution in [1.82, 2.24) is 20.3 Å². The summed E-state index contributed by atoms with van der Waals surface area (Å²) in [5.74, 6) is -1.93. The Bertz CT molecular complexity index is 1500. The molecule has 7 aliphatic carbocycles. The Morgan fingerprint density at radius 3 is 2.34 bits per heavy atom. The van der Waals surface area contributed by atoms with E-state index in [1.165, 1.54) is 0 Å². The van der Waals surface area contributed by atoms with Gasteiger partial charge in [-0.3, -0.25) is 4.79 Å². The zero-order valence-electron chi connectivity index (χ0n) is 23.0. The molecule has 3 aromatic rings. The topological polar surface area (TPSA) is 98.2 Å². The standard InChI is InChI=1S/C30H32F3N5O3/c1-26(31,32)24-35-23(37-41-24)28-10-7-27(8-11-28,9-12-28)17-38(25(39)29-14-30(33,15-29)16-29)20-4-2-3-19(13-20)22-34-21(36-40-22)18-5-6-18/h2-4,13,18H,5-12,14-17H2,1H3. The second-order valence-corrected chi connectivity index (χ2v) is 13.7. The number of fused-ring (bicyclic) bond motifs is 3. The monoisotopic (exact) mass is 567 g/mol. The fraction of sp³-hybridized carbons (Fsp3) is 0.633. The van der Waals surface area contributed by atoms with Gasteiger partial charge in [-0.15, -0.1) is 0 Å². The van der Waals surface area contributed by atoms with Crippen molar-refractivity contribution in [3.63, 3.8) is 0 Å². The molecule has 0 saturated heterocycles. The number of alkyl halides is 3. The molecule has 0 aliphatic heterocycles. The Labute approximate surface area is 235 Å². The third-order valence-electron chi connectivity index (χ3n) is 10.6. The molecule has 2 aromatic heterocycles.